The van der Waals surface area contributed by atoms with E-state index in [-0.39, 0.29) is 5.41 Å². The van der Waals surface area contributed by atoms with Crippen LogP contribution in [0.25, 0.3) is 0 Å². The van der Waals surface area contributed by atoms with Gasteiger partial charge in [-0.3, -0.25) is 0 Å². The van der Waals surface area contributed by atoms with Crippen LogP contribution in [0.5, 0.6) is 11.5 Å². The van der Waals surface area contributed by atoms with Crippen LogP contribution < -0.4 is 9.47 Å². The topological polar surface area (TPSA) is 18.5 Å². The van der Waals surface area contributed by atoms with Gasteiger partial charge in [-0.15, -0.1) is 0 Å². The van der Waals surface area contributed by atoms with E-state index in [9.17, 15) is 0 Å². The summed E-state index contributed by atoms with van der Waals surface area (Å²) < 4.78 is 11.5. The SMILES string of the molecule is COc1ccc(C(C)(CI)c2ccc(OC)cc2)cc1. The summed E-state index contributed by atoms with van der Waals surface area (Å²) in [4.78, 5) is 0. The molecule has 0 atom stereocenters. The van der Waals surface area contributed by atoms with Crippen LogP contribution >= 0.6 is 22.6 Å². The van der Waals surface area contributed by atoms with Crippen molar-refractivity contribution in [1.82, 2.24) is 0 Å². The van der Waals surface area contributed by atoms with Gasteiger partial charge < -0.3 is 9.47 Å². The van der Waals surface area contributed by atoms with E-state index in [0.29, 0.717) is 0 Å². The fraction of sp³-hybridized carbons (Fsp3) is 0.294. The smallest absolute Gasteiger partial charge is 0.118 e. The second-order valence-corrected chi connectivity index (χ2v) is 5.69. The Labute approximate surface area is 134 Å². The van der Waals surface area contributed by atoms with Crippen LogP contribution in [0.2, 0.25) is 0 Å². The van der Waals surface area contributed by atoms with E-state index >= 15 is 0 Å². The molecule has 0 heterocycles. The van der Waals surface area contributed by atoms with Crippen molar-refractivity contribution in [1.29, 1.82) is 0 Å². The number of benzene rings is 2. The lowest BCUT2D eigenvalue weighted by Gasteiger charge is -2.29. The highest BCUT2D eigenvalue weighted by Gasteiger charge is 2.27. The Balaban J connectivity index is 2.39. The maximum absolute atomic E-state index is 5.23. The van der Waals surface area contributed by atoms with Crippen molar-refractivity contribution in [2.24, 2.45) is 0 Å². The Morgan fingerprint density at radius 1 is 0.800 bits per heavy atom. The molecule has 20 heavy (non-hydrogen) atoms. The summed E-state index contributed by atoms with van der Waals surface area (Å²) in [5.41, 5.74) is 2.56. The van der Waals surface area contributed by atoms with E-state index in [4.69, 9.17) is 9.47 Å². The van der Waals surface area contributed by atoms with Gasteiger partial charge in [0.05, 0.1) is 14.2 Å². The molecule has 2 aromatic carbocycles. The predicted octanol–water partition coefficient (Wildman–Crippen LogP) is 4.44. The van der Waals surface area contributed by atoms with Gasteiger partial charge >= 0.3 is 0 Å². The number of ether oxygens (including phenoxy) is 2. The van der Waals surface area contributed by atoms with Crippen LogP contribution in [0.15, 0.2) is 48.5 Å². The van der Waals surface area contributed by atoms with Gasteiger partial charge in [-0.05, 0) is 35.4 Å². The van der Waals surface area contributed by atoms with Gasteiger partial charge in [-0.2, -0.15) is 0 Å². The largest absolute Gasteiger partial charge is 0.497 e. The summed E-state index contributed by atoms with van der Waals surface area (Å²) in [6, 6.07) is 16.6. The molecule has 0 spiro atoms. The molecule has 0 fully saturated rings. The molecule has 2 nitrogen and oxygen atoms in total. The Morgan fingerprint density at radius 2 is 1.15 bits per heavy atom. The molecule has 0 N–H and O–H groups in total. The van der Waals surface area contributed by atoms with E-state index < -0.39 is 0 Å². The standard InChI is InChI=1S/C17H19IO2/c1-17(12-18,13-4-8-15(19-2)9-5-13)14-6-10-16(20-3)11-7-14/h4-11H,12H2,1-3H3. The van der Waals surface area contributed by atoms with E-state index in [1.807, 2.05) is 24.3 Å². The molecule has 0 aromatic heterocycles. The van der Waals surface area contributed by atoms with Crippen LogP contribution in [-0.2, 0) is 5.41 Å². The Hall–Kier alpha value is -1.23. The first kappa shape index (κ1) is 15.2. The van der Waals surface area contributed by atoms with Crippen molar-refractivity contribution < 1.29 is 9.47 Å². The number of hydrogen-bond acceptors (Lipinski definition) is 2. The fourth-order valence-electron chi connectivity index (χ4n) is 2.24. The fourth-order valence-corrected chi connectivity index (χ4v) is 3.12. The molecule has 106 valence electrons. The monoisotopic (exact) mass is 382 g/mol. The van der Waals surface area contributed by atoms with Gasteiger partial charge in [0.2, 0.25) is 0 Å². The normalized spacial score (nSPS) is 11.2. The zero-order valence-corrected chi connectivity index (χ0v) is 14.2. The van der Waals surface area contributed by atoms with Crippen molar-refractivity contribution in [2.75, 3.05) is 18.6 Å². The minimum absolute atomic E-state index is 0.0148. The highest BCUT2D eigenvalue weighted by molar-refractivity contribution is 14.1. The first-order chi connectivity index (χ1) is 9.63. The van der Waals surface area contributed by atoms with Crippen molar-refractivity contribution >= 4 is 22.6 Å². The zero-order chi connectivity index (χ0) is 14.6. The minimum Gasteiger partial charge on any atom is -0.497 e. The number of rotatable bonds is 5. The number of halogens is 1. The zero-order valence-electron chi connectivity index (χ0n) is 12.0. The molecule has 3 heteroatoms. The summed E-state index contributed by atoms with van der Waals surface area (Å²) in [6.07, 6.45) is 0. The van der Waals surface area contributed by atoms with E-state index in [0.717, 1.165) is 15.9 Å². The van der Waals surface area contributed by atoms with Crippen molar-refractivity contribution in [2.45, 2.75) is 12.3 Å². The lowest BCUT2D eigenvalue weighted by molar-refractivity contribution is 0.414. The predicted molar refractivity (Wildman–Crippen MR) is 91.3 cm³/mol. The Bertz CT molecular complexity index is 499. The van der Waals surface area contributed by atoms with Crippen LogP contribution in [0.3, 0.4) is 0 Å². The third kappa shape index (κ3) is 2.92. The molecule has 0 radical (unpaired) electrons. The summed E-state index contributed by atoms with van der Waals surface area (Å²) in [6.45, 7) is 2.27. The molecule has 0 bridgehead atoms. The van der Waals surface area contributed by atoms with Crippen LogP contribution in [0.4, 0.5) is 0 Å². The molecule has 0 aliphatic rings. The quantitative estimate of drug-likeness (QED) is 0.562. The van der Waals surface area contributed by atoms with Crippen molar-refractivity contribution in [3.05, 3.63) is 59.7 Å². The van der Waals surface area contributed by atoms with E-state index in [2.05, 4.69) is 53.8 Å². The molecule has 2 aromatic rings. The number of alkyl halides is 1. The summed E-state index contributed by atoms with van der Waals surface area (Å²) in [7, 11) is 3.38. The van der Waals surface area contributed by atoms with Gasteiger partial charge in [-0.1, -0.05) is 53.8 Å². The highest BCUT2D eigenvalue weighted by Crippen LogP contribution is 2.35. The summed E-state index contributed by atoms with van der Waals surface area (Å²) >= 11 is 2.45. The van der Waals surface area contributed by atoms with Crippen LogP contribution in [0.1, 0.15) is 18.1 Å². The molecular weight excluding hydrogens is 363 g/mol. The molecule has 0 unspecified atom stereocenters. The third-order valence-corrected chi connectivity index (χ3v) is 5.25. The molecule has 2 rings (SSSR count). The molecule has 0 saturated heterocycles. The van der Waals surface area contributed by atoms with Crippen molar-refractivity contribution in [3.63, 3.8) is 0 Å². The second kappa shape index (κ2) is 6.48. The van der Waals surface area contributed by atoms with Crippen LogP contribution in [0, 0.1) is 0 Å². The third-order valence-electron chi connectivity index (χ3n) is 3.72. The van der Waals surface area contributed by atoms with Gasteiger partial charge in [0.25, 0.3) is 0 Å². The molecular formula is C17H19IO2. The van der Waals surface area contributed by atoms with Gasteiger partial charge in [0, 0.05) is 9.84 Å². The van der Waals surface area contributed by atoms with Crippen molar-refractivity contribution in [3.8, 4) is 11.5 Å². The number of hydrogen-bond donors (Lipinski definition) is 0. The van der Waals surface area contributed by atoms with E-state index in [1.165, 1.54) is 11.1 Å². The van der Waals surface area contributed by atoms with Crippen LogP contribution in [-0.4, -0.2) is 18.6 Å². The average Bonchev–Trinajstić information content (AvgIpc) is 2.54. The molecule has 0 amide bonds. The van der Waals surface area contributed by atoms with Gasteiger partial charge in [0.15, 0.2) is 0 Å². The lowest BCUT2D eigenvalue weighted by Crippen LogP contribution is -2.25. The second-order valence-electron chi connectivity index (χ2n) is 4.92. The number of methoxy groups -OCH3 is 2. The van der Waals surface area contributed by atoms with Gasteiger partial charge in [0.1, 0.15) is 11.5 Å². The first-order valence-electron chi connectivity index (χ1n) is 6.49. The Kier molecular flexibility index (Phi) is 4.91. The molecule has 0 aliphatic carbocycles. The maximum Gasteiger partial charge on any atom is 0.118 e. The van der Waals surface area contributed by atoms with E-state index in [1.54, 1.807) is 14.2 Å². The lowest BCUT2D eigenvalue weighted by atomic mass is 9.78. The minimum atomic E-state index is -0.0148. The molecule has 0 saturated carbocycles. The summed E-state index contributed by atoms with van der Waals surface area (Å²) in [5.74, 6) is 1.78. The molecule has 0 aliphatic heterocycles. The average molecular weight is 382 g/mol. The Morgan fingerprint density at radius 3 is 1.40 bits per heavy atom. The maximum atomic E-state index is 5.23. The highest BCUT2D eigenvalue weighted by atomic mass is 127. The first-order valence-corrected chi connectivity index (χ1v) is 8.01. The summed E-state index contributed by atoms with van der Waals surface area (Å²) in [5, 5.41) is 0. The van der Waals surface area contributed by atoms with Gasteiger partial charge in [-0.25, -0.2) is 0 Å².